The van der Waals surface area contributed by atoms with Gasteiger partial charge in [0.2, 0.25) is 0 Å². The number of thioether (sulfide) groups is 1. The van der Waals surface area contributed by atoms with Gasteiger partial charge in [-0.05, 0) is 53.1 Å². The number of nitrogens with zero attached hydrogens (tertiary/aromatic N) is 1. The molecule has 4 rings (SSSR count). The normalized spacial score (nSPS) is 19.8. The molecule has 0 saturated carbocycles. The molecule has 2 heterocycles. The molecule has 3 heteroatoms. The fourth-order valence-electron chi connectivity index (χ4n) is 4.02. The number of rotatable bonds is 3. The largest absolute Gasteiger partial charge is 0.358 e. The van der Waals surface area contributed by atoms with Crippen molar-refractivity contribution in [1.82, 2.24) is 4.90 Å². The number of hydrogen-bond acceptors (Lipinski definition) is 3. The van der Waals surface area contributed by atoms with Gasteiger partial charge in [0.1, 0.15) is 0 Å². The average Bonchev–Trinajstić information content (AvgIpc) is 2.96. The molecule has 0 fully saturated rings. The third-order valence-corrected chi connectivity index (χ3v) is 6.30. The Balaban J connectivity index is 1.93. The lowest BCUT2D eigenvalue weighted by molar-refractivity contribution is 0.269. The quantitative estimate of drug-likeness (QED) is 0.842. The van der Waals surface area contributed by atoms with Crippen molar-refractivity contribution < 1.29 is 0 Å². The van der Waals surface area contributed by atoms with Crippen molar-refractivity contribution >= 4 is 17.4 Å². The van der Waals surface area contributed by atoms with Gasteiger partial charge in [0.25, 0.3) is 0 Å². The highest BCUT2D eigenvalue weighted by Gasteiger charge is 2.32. The summed E-state index contributed by atoms with van der Waals surface area (Å²) >= 11 is 1.87. The zero-order chi connectivity index (χ0) is 16.7. The van der Waals surface area contributed by atoms with E-state index >= 15 is 0 Å². The molecule has 0 aromatic heterocycles. The highest BCUT2D eigenvalue weighted by atomic mass is 32.2. The van der Waals surface area contributed by atoms with Crippen LogP contribution in [0.3, 0.4) is 0 Å². The Kier molecular flexibility index (Phi) is 4.15. The molecule has 1 atom stereocenters. The summed E-state index contributed by atoms with van der Waals surface area (Å²) in [4.78, 5) is 2.54. The molecule has 2 aromatic carbocycles. The standard InChI is InChI=1S/C21H24N2S/c1-4-23-11-10-16-17(15-8-6-5-7-9-15)12-18-20(19(16)13-23)22-14(2)21(18)24-3/h5-9,12,21-22H,2,4,10-11,13H2,1,3H3. The lowest BCUT2D eigenvalue weighted by Gasteiger charge is -2.31. The van der Waals surface area contributed by atoms with E-state index < -0.39 is 0 Å². The van der Waals surface area contributed by atoms with E-state index in [1.54, 1.807) is 0 Å². The number of hydrogen-bond donors (Lipinski definition) is 1. The van der Waals surface area contributed by atoms with Crippen LogP contribution >= 0.6 is 11.8 Å². The van der Waals surface area contributed by atoms with Gasteiger partial charge in [-0.3, -0.25) is 4.90 Å². The second-order valence-corrected chi connectivity index (χ2v) is 7.54. The van der Waals surface area contributed by atoms with Crippen LogP contribution in [0.5, 0.6) is 0 Å². The van der Waals surface area contributed by atoms with Gasteiger partial charge in [0.05, 0.1) is 5.25 Å². The zero-order valence-corrected chi connectivity index (χ0v) is 15.2. The fourth-order valence-corrected chi connectivity index (χ4v) is 4.80. The molecule has 2 aliphatic heterocycles. The maximum atomic E-state index is 4.27. The molecule has 2 aliphatic rings. The first kappa shape index (κ1) is 15.8. The van der Waals surface area contributed by atoms with Crippen molar-refractivity contribution in [3.05, 3.63) is 65.4 Å². The summed E-state index contributed by atoms with van der Waals surface area (Å²) in [5.41, 5.74) is 9.60. The zero-order valence-electron chi connectivity index (χ0n) is 14.4. The summed E-state index contributed by atoms with van der Waals surface area (Å²) in [5, 5.41) is 3.96. The number of nitrogens with one attached hydrogen (secondary N) is 1. The first-order valence-corrected chi connectivity index (χ1v) is 9.96. The molecule has 0 amide bonds. The molecule has 2 aromatic rings. The van der Waals surface area contributed by atoms with E-state index in [1.165, 1.54) is 33.5 Å². The molecule has 1 unspecified atom stereocenters. The van der Waals surface area contributed by atoms with E-state index in [2.05, 4.69) is 66.4 Å². The maximum Gasteiger partial charge on any atom is 0.0708 e. The summed E-state index contributed by atoms with van der Waals surface area (Å²) in [6.07, 6.45) is 3.30. The first-order chi connectivity index (χ1) is 11.7. The number of benzene rings is 2. The molecule has 1 N–H and O–H groups in total. The van der Waals surface area contributed by atoms with Crippen molar-refractivity contribution in [3.63, 3.8) is 0 Å². The highest BCUT2D eigenvalue weighted by Crippen LogP contribution is 2.49. The third-order valence-electron chi connectivity index (χ3n) is 5.29. The molecule has 0 spiro atoms. The molecule has 124 valence electrons. The van der Waals surface area contributed by atoms with Crippen molar-refractivity contribution in [2.75, 3.05) is 24.7 Å². The lowest BCUT2D eigenvalue weighted by Crippen LogP contribution is -2.31. The van der Waals surface area contributed by atoms with Crippen molar-refractivity contribution in [2.45, 2.75) is 25.1 Å². The Labute approximate surface area is 149 Å². The van der Waals surface area contributed by atoms with Crippen LogP contribution in [0, 0.1) is 0 Å². The van der Waals surface area contributed by atoms with Crippen LogP contribution in [-0.2, 0) is 13.0 Å². The van der Waals surface area contributed by atoms with Crippen LogP contribution in [-0.4, -0.2) is 24.2 Å². The summed E-state index contributed by atoms with van der Waals surface area (Å²) in [5.74, 6) is 0. The Morgan fingerprint density at radius 1 is 1.25 bits per heavy atom. The van der Waals surface area contributed by atoms with E-state index in [0.29, 0.717) is 5.25 Å². The van der Waals surface area contributed by atoms with Gasteiger partial charge in [-0.25, -0.2) is 0 Å². The monoisotopic (exact) mass is 336 g/mol. The Hall–Kier alpha value is -1.71. The van der Waals surface area contributed by atoms with Gasteiger partial charge in [-0.1, -0.05) is 43.8 Å². The Bertz CT molecular complexity index is 782. The van der Waals surface area contributed by atoms with Gasteiger partial charge in [0.15, 0.2) is 0 Å². The average molecular weight is 337 g/mol. The van der Waals surface area contributed by atoms with Crippen molar-refractivity contribution in [1.29, 1.82) is 0 Å². The first-order valence-electron chi connectivity index (χ1n) is 8.68. The Morgan fingerprint density at radius 2 is 2.04 bits per heavy atom. The Morgan fingerprint density at radius 3 is 2.75 bits per heavy atom. The molecule has 0 saturated heterocycles. The van der Waals surface area contributed by atoms with Crippen LogP contribution in [0.4, 0.5) is 5.69 Å². The minimum atomic E-state index is 0.352. The minimum absolute atomic E-state index is 0.352. The van der Waals surface area contributed by atoms with E-state index in [1.807, 2.05) is 11.8 Å². The van der Waals surface area contributed by atoms with Crippen LogP contribution in [0.1, 0.15) is 28.9 Å². The van der Waals surface area contributed by atoms with E-state index in [4.69, 9.17) is 0 Å². The SMILES string of the molecule is C=C1Nc2c(cc(-c3ccccc3)c3c2CN(CC)CC3)C1SC. The lowest BCUT2D eigenvalue weighted by atomic mass is 9.87. The van der Waals surface area contributed by atoms with Gasteiger partial charge in [0, 0.05) is 24.5 Å². The van der Waals surface area contributed by atoms with Gasteiger partial charge in [-0.15, -0.1) is 0 Å². The van der Waals surface area contributed by atoms with Crippen LogP contribution in [0.25, 0.3) is 11.1 Å². The fraction of sp³-hybridized carbons (Fsp3) is 0.333. The highest BCUT2D eigenvalue weighted by molar-refractivity contribution is 7.99. The number of fused-ring (bicyclic) bond motifs is 3. The molecule has 0 aliphatic carbocycles. The van der Waals surface area contributed by atoms with Crippen molar-refractivity contribution in [3.8, 4) is 11.1 Å². The van der Waals surface area contributed by atoms with E-state index in [-0.39, 0.29) is 0 Å². The molecular formula is C21H24N2S. The van der Waals surface area contributed by atoms with Crippen molar-refractivity contribution in [2.24, 2.45) is 0 Å². The van der Waals surface area contributed by atoms with Gasteiger partial charge < -0.3 is 5.32 Å². The molecule has 0 bridgehead atoms. The molecule has 2 nitrogen and oxygen atoms in total. The predicted octanol–water partition coefficient (Wildman–Crippen LogP) is 5.07. The third kappa shape index (κ3) is 2.47. The molecule has 0 radical (unpaired) electrons. The second-order valence-electron chi connectivity index (χ2n) is 6.60. The van der Waals surface area contributed by atoms with E-state index in [0.717, 1.165) is 31.8 Å². The minimum Gasteiger partial charge on any atom is -0.358 e. The topological polar surface area (TPSA) is 15.3 Å². The van der Waals surface area contributed by atoms with Crippen LogP contribution in [0.2, 0.25) is 0 Å². The summed E-state index contributed by atoms with van der Waals surface area (Å²) in [6, 6.07) is 13.3. The summed E-state index contributed by atoms with van der Waals surface area (Å²) < 4.78 is 0. The van der Waals surface area contributed by atoms with Crippen LogP contribution < -0.4 is 5.32 Å². The second kappa shape index (κ2) is 6.30. The van der Waals surface area contributed by atoms with Gasteiger partial charge >= 0.3 is 0 Å². The molecule has 24 heavy (non-hydrogen) atoms. The number of anilines is 1. The number of likely N-dealkylation sites (N-methyl/N-ethyl adjacent to an activating group) is 1. The summed E-state index contributed by atoms with van der Waals surface area (Å²) in [7, 11) is 0. The van der Waals surface area contributed by atoms with E-state index in [9.17, 15) is 0 Å². The molecular weight excluding hydrogens is 312 g/mol. The maximum absolute atomic E-state index is 4.27. The smallest absolute Gasteiger partial charge is 0.0708 e. The summed E-state index contributed by atoms with van der Waals surface area (Å²) in [6.45, 7) is 9.81. The predicted molar refractivity (Wildman–Crippen MR) is 106 cm³/mol. The van der Waals surface area contributed by atoms with Crippen LogP contribution in [0.15, 0.2) is 48.7 Å². The van der Waals surface area contributed by atoms with Gasteiger partial charge in [-0.2, -0.15) is 11.8 Å².